The van der Waals surface area contributed by atoms with Crippen molar-refractivity contribution in [3.05, 3.63) is 100 Å². The number of hydrogen-bond acceptors (Lipinski definition) is 5. The highest BCUT2D eigenvalue weighted by atomic mass is 35.5. The van der Waals surface area contributed by atoms with Crippen molar-refractivity contribution in [1.29, 1.82) is 0 Å². The minimum Gasteiger partial charge on any atom is -0.467 e. The molecule has 34 heavy (non-hydrogen) atoms. The number of carbonyl (C=O) groups is 1. The van der Waals surface area contributed by atoms with Gasteiger partial charge in [0.05, 0.1) is 18.5 Å². The van der Waals surface area contributed by atoms with Crippen LogP contribution in [0.3, 0.4) is 0 Å². The van der Waals surface area contributed by atoms with Crippen molar-refractivity contribution < 1.29 is 9.53 Å². The number of amides is 1. The summed E-state index contributed by atoms with van der Waals surface area (Å²) in [7, 11) is 1.52. The number of methoxy groups -OCH3 is 1. The summed E-state index contributed by atoms with van der Waals surface area (Å²) in [5.74, 6) is -0.194. The van der Waals surface area contributed by atoms with Gasteiger partial charge in [0.2, 0.25) is 0 Å². The Morgan fingerprint density at radius 3 is 2.53 bits per heavy atom. The van der Waals surface area contributed by atoms with Crippen molar-refractivity contribution in [3.63, 3.8) is 0 Å². The van der Waals surface area contributed by atoms with Crippen molar-refractivity contribution in [2.45, 2.75) is 13.3 Å². The first kappa shape index (κ1) is 21.8. The van der Waals surface area contributed by atoms with Crippen LogP contribution >= 0.6 is 11.6 Å². The summed E-state index contributed by atoms with van der Waals surface area (Å²) in [6, 6.07) is 19.4. The number of benzene rings is 3. The predicted molar refractivity (Wildman–Crippen MR) is 135 cm³/mol. The minimum absolute atomic E-state index is 0.194. The Morgan fingerprint density at radius 1 is 1.00 bits per heavy atom. The molecule has 6 nitrogen and oxygen atoms in total. The molecule has 0 atom stereocenters. The summed E-state index contributed by atoms with van der Waals surface area (Å²) >= 11 is 6.48. The molecule has 0 radical (unpaired) electrons. The molecule has 2 heterocycles. The highest BCUT2D eigenvalue weighted by molar-refractivity contribution is 6.34. The van der Waals surface area contributed by atoms with Crippen LogP contribution in [0.1, 0.15) is 27.0 Å². The van der Waals surface area contributed by atoms with Gasteiger partial charge in [0.25, 0.3) is 5.91 Å². The number of nitrogens with zero attached hydrogens (tertiary/aromatic N) is 3. The number of aliphatic imine (C=N–C) groups is 1. The molecule has 4 aromatic rings. The highest BCUT2D eigenvalue weighted by Crippen LogP contribution is 2.32. The van der Waals surface area contributed by atoms with Gasteiger partial charge in [0, 0.05) is 46.2 Å². The lowest BCUT2D eigenvalue weighted by Crippen LogP contribution is -2.14. The van der Waals surface area contributed by atoms with Crippen LogP contribution < -0.4 is 10.1 Å². The number of carbonyl (C=O) groups excluding carboxylic acids is 1. The molecular formula is C27H21ClN4O2. The van der Waals surface area contributed by atoms with Crippen LogP contribution in [0.5, 0.6) is 6.01 Å². The third-order valence-corrected chi connectivity index (χ3v) is 6.08. The van der Waals surface area contributed by atoms with Crippen LogP contribution in [-0.4, -0.2) is 28.7 Å². The molecule has 1 aliphatic heterocycles. The average molecular weight is 469 g/mol. The molecule has 168 valence electrons. The molecule has 0 unspecified atom stereocenters. The van der Waals surface area contributed by atoms with Crippen molar-refractivity contribution in [2.24, 2.45) is 4.99 Å². The summed E-state index contributed by atoms with van der Waals surface area (Å²) in [6.45, 7) is 1.90. The van der Waals surface area contributed by atoms with Crippen LogP contribution in [0.2, 0.25) is 5.02 Å². The van der Waals surface area contributed by atoms with Crippen molar-refractivity contribution in [1.82, 2.24) is 9.97 Å². The van der Waals surface area contributed by atoms with E-state index in [2.05, 4.69) is 21.4 Å². The predicted octanol–water partition coefficient (Wildman–Crippen LogP) is 6.04. The van der Waals surface area contributed by atoms with Gasteiger partial charge in [0.1, 0.15) is 0 Å². The number of aryl methyl sites for hydroxylation is 1. The van der Waals surface area contributed by atoms with Crippen LogP contribution in [0.25, 0.3) is 11.1 Å². The van der Waals surface area contributed by atoms with E-state index in [1.165, 1.54) is 12.7 Å². The Balaban J connectivity index is 1.36. The lowest BCUT2D eigenvalue weighted by atomic mass is 10.0. The fourth-order valence-corrected chi connectivity index (χ4v) is 4.21. The minimum atomic E-state index is -0.194. The third kappa shape index (κ3) is 4.28. The van der Waals surface area contributed by atoms with Crippen LogP contribution in [0.4, 0.5) is 11.4 Å². The second-order valence-electron chi connectivity index (χ2n) is 8.00. The lowest BCUT2D eigenvalue weighted by molar-refractivity contribution is 0.102. The number of anilines is 1. The van der Waals surface area contributed by atoms with Gasteiger partial charge < -0.3 is 10.1 Å². The number of nitrogens with one attached hydrogen (secondary N) is 1. The van der Waals surface area contributed by atoms with Gasteiger partial charge >= 0.3 is 6.01 Å². The van der Waals surface area contributed by atoms with Gasteiger partial charge in [-0.3, -0.25) is 9.79 Å². The van der Waals surface area contributed by atoms with Gasteiger partial charge in [-0.2, -0.15) is 0 Å². The quantitative estimate of drug-likeness (QED) is 0.387. The van der Waals surface area contributed by atoms with E-state index in [4.69, 9.17) is 21.3 Å². The van der Waals surface area contributed by atoms with Gasteiger partial charge in [-0.15, -0.1) is 0 Å². The maximum absolute atomic E-state index is 13.0. The maximum Gasteiger partial charge on any atom is 0.316 e. The molecule has 1 N–H and O–H groups in total. The second kappa shape index (κ2) is 9.08. The lowest BCUT2D eigenvalue weighted by Gasteiger charge is -2.12. The Labute approximate surface area is 202 Å². The van der Waals surface area contributed by atoms with E-state index in [0.717, 1.165) is 33.7 Å². The monoisotopic (exact) mass is 468 g/mol. The van der Waals surface area contributed by atoms with E-state index in [1.54, 1.807) is 30.6 Å². The number of halogens is 1. The Kier molecular flexibility index (Phi) is 5.82. The molecule has 0 saturated heterocycles. The molecule has 3 aromatic carbocycles. The first-order valence-corrected chi connectivity index (χ1v) is 11.1. The van der Waals surface area contributed by atoms with E-state index >= 15 is 0 Å². The number of rotatable bonds is 5. The van der Waals surface area contributed by atoms with Crippen LogP contribution in [-0.2, 0) is 6.42 Å². The molecule has 1 aromatic heterocycles. The van der Waals surface area contributed by atoms with E-state index < -0.39 is 0 Å². The van der Waals surface area contributed by atoms with Crippen LogP contribution in [0.15, 0.2) is 78.0 Å². The molecular weight excluding hydrogens is 448 g/mol. The smallest absolute Gasteiger partial charge is 0.316 e. The molecule has 7 heteroatoms. The van der Waals surface area contributed by atoms with E-state index in [1.807, 2.05) is 43.3 Å². The normalized spacial score (nSPS) is 12.1. The fourth-order valence-electron chi connectivity index (χ4n) is 3.98. The Bertz CT molecular complexity index is 1430. The van der Waals surface area contributed by atoms with Gasteiger partial charge in [-0.1, -0.05) is 41.9 Å². The molecule has 0 spiro atoms. The molecule has 1 aliphatic rings. The molecule has 0 fully saturated rings. The van der Waals surface area contributed by atoms with Gasteiger partial charge in [-0.05, 0) is 53.9 Å². The van der Waals surface area contributed by atoms with Crippen molar-refractivity contribution >= 4 is 34.6 Å². The third-order valence-electron chi connectivity index (χ3n) is 5.76. The van der Waals surface area contributed by atoms with E-state index in [-0.39, 0.29) is 5.91 Å². The summed E-state index contributed by atoms with van der Waals surface area (Å²) in [5, 5.41) is 3.60. The highest BCUT2D eigenvalue weighted by Gasteiger charge is 2.19. The second-order valence-corrected chi connectivity index (χ2v) is 8.41. The summed E-state index contributed by atoms with van der Waals surface area (Å²) in [6.07, 6.45) is 4.10. The van der Waals surface area contributed by atoms with Crippen molar-refractivity contribution in [2.75, 3.05) is 12.4 Å². The van der Waals surface area contributed by atoms with Crippen molar-refractivity contribution in [3.8, 4) is 17.1 Å². The zero-order chi connectivity index (χ0) is 23.7. The molecule has 1 amide bonds. The van der Waals surface area contributed by atoms with E-state index in [0.29, 0.717) is 28.7 Å². The average Bonchev–Trinajstić information content (AvgIpc) is 3.29. The first-order valence-electron chi connectivity index (χ1n) is 10.8. The molecule has 5 rings (SSSR count). The largest absolute Gasteiger partial charge is 0.467 e. The zero-order valence-corrected chi connectivity index (χ0v) is 19.4. The number of hydrogen-bond donors (Lipinski definition) is 1. The van der Waals surface area contributed by atoms with E-state index in [9.17, 15) is 4.79 Å². The first-order chi connectivity index (χ1) is 16.5. The SMILES string of the molecule is COc1ncc(-c2ccc(C(=O)Nc3ccc(Cl)c(C4=Nc5ccccc5C4)c3)c(C)c2)cn1. The summed E-state index contributed by atoms with van der Waals surface area (Å²) in [5.41, 5.74) is 7.69. The number of fused-ring (bicyclic) bond motifs is 1. The number of para-hydroxylation sites is 1. The van der Waals surface area contributed by atoms with Crippen LogP contribution in [0, 0.1) is 6.92 Å². The Morgan fingerprint density at radius 2 is 1.79 bits per heavy atom. The fraction of sp³-hybridized carbons (Fsp3) is 0.111. The topological polar surface area (TPSA) is 76.5 Å². The number of aromatic nitrogens is 2. The molecule has 0 aliphatic carbocycles. The number of ether oxygens (including phenoxy) is 1. The van der Waals surface area contributed by atoms with Gasteiger partial charge in [-0.25, -0.2) is 9.97 Å². The molecule has 0 bridgehead atoms. The standard InChI is InChI=1S/C27H21ClN4O2/c1-16-11-17(19-14-29-27(34-2)30-15-19)7-9-21(16)26(33)31-20-8-10-23(28)22(13-20)25-12-18-5-3-4-6-24(18)32-25/h3-11,13-15H,12H2,1-2H3,(H,31,33). The Hall–Kier alpha value is -4.03. The summed E-state index contributed by atoms with van der Waals surface area (Å²) < 4.78 is 5.01. The maximum atomic E-state index is 13.0. The summed E-state index contributed by atoms with van der Waals surface area (Å²) in [4.78, 5) is 26.1. The molecule has 0 saturated carbocycles. The zero-order valence-electron chi connectivity index (χ0n) is 18.7. The van der Waals surface area contributed by atoms with Gasteiger partial charge in [0.15, 0.2) is 0 Å².